The van der Waals surface area contributed by atoms with Gasteiger partial charge >= 0.3 is 0 Å². The summed E-state index contributed by atoms with van der Waals surface area (Å²) in [6.45, 7) is 1.41. The zero-order valence-corrected chi connectivity index (χ0v) is 10.9. The van der Waals surface area contributed by atoms with E-state index in [0.29, 0.717) is 18.7 Å². The molecule has 0 bridgehead atoms. The number of aromatic nitrogens is 1. The highest BCUT2D eigenvalue weighted by molar-refractivity contribution is 5.92. The Morgan fingerprint density at radius 1 is 1.32 bits per heavy atom. The smallest absolute Gasteiger partial charge is 0.270 e. The molecule has 1 aromatic rings. The fourth-order valence-corrected chi connectivity index (χ4v) is 3.25. The second kappa shape index (κ2) is 4.72. The van der Waals surface area contributed by atoms with Crippen molar-refractivity contribution in [2.45, 2.75) is 37.6 Å². The summed E-state index contributed by atoms with van der Waals surface area (Å²) in [5.74, 6) is 0.157. The summed E-state index contributed by atoms with van der Waals surface area (Å²) >= 11 is 0. The number of amides is 2. The molecule has 0 radical (unpaired) electrons. The van der Waals surface area contributed by atoms with Crippen molar-refractivity contribution in [1.82, 2.24) is 15.2 Å². The van der Waals surface area contributed by atoms with Gasteiger partial charge in [-0.3, -0.25) is 9.59 Å². The third-order valence-corrected chi connectivity index (χ3v) is 4.16. The Balaban J connectivity index is 1.74. The number of nitrogens with one attached hydrogen (secondary N) is 2. The average Bonchev–Trinajstić information content (AvgIpc) is 2.91. The van der Waals surface area contributed by atoms with E-state index >= 15 is 0 Å². The predicted octanol–water partition coefficient (Wildman–Crippen LogP) is 1.29. The molecule has 0 aliphatic carbocycles. The first-order valence-electron chi connectivity index (χ1n) is 6.92. The summed E-state index contributed by atoms with van der Waals surface area (Å²) in [4.78, 5) is 28.8. The minimum absolute atomic E-state index is 0.0314. The summed E-state index contributed by atoms with van der Waals surface area (Å²) < 4.78 is 0. The van der Waals surface area contributed by atoms with E-state index in [1.807, 2.05) is 11.0 Å². The molecule has 5 nitrogen and oxygen atoms in total. The molecule has 1 aromatic heterocycles. The Hall–Kier alpha value is -1.78. The molecule has 19 heavy (non-hydrogen) atoms. The maximum absolute atomic E-state index is 12.4. The van der Waals surface area contributed by atoms with Gasteiger partial charge in [0.25, 0.3) is 5.91 Å². The van der Waals surface area contributed by atoms with Crippen molar-refractivity contribution in [2.24, 2.45) is 0 Å². The Morgan fingerprint density at radius 2 is 2.16 bits per heavy atom. The number of hydrogen-bond acceptors (Lipinski definition) is 2. The SMILES string of the molecule is O=C1CCC[C@@]2(CCCN(C(=O)c3ccc[nH]3)C2)N1. The number of carbonyl (C=O) groups is 2. The average molecular weight is 261 g/mol. The van der Waals surface area contributed by atoms with Crippen LogP contribution in [0, 0.1) is 0 Å². The van der Waals surface area contributed by atoms with Crippen LogP contribution in [-0.4, -0.2) is 40.3 Å². The van der Waals surface area contributed by atoms with Crippen molar-refractivity contribution in [2.75, 3.05) is 13.1 Å². The van der Waals surface area contributed by atoms with Gasteiger partial charge in [0.2, 0.25) is 5.91 Å². The van der Waals surface area contributed by atoms with E-state index in [9.17, 15) is 9.59 Å². The number of likely N-dealkylation sites (tertiary alicyclic amines) is 1. The number of H-pyrrole nitrogens is 1. The van der Waals surface area contributed by atoms with Crippen molar-refractivity contribution in [3.63, 3.8) is 0 Å². The summed E-state index contributed by atoms with van der Waals surface area (Å²) in [7, 11) is 0. The van der Waals surface area contributed by atoms with Crippen LogP contribution in [0.4, 0.5) is 0 Å². The molecular formula is C14H19N3O2. The van der Waals surface area contributed by atoms with E-state index in [-0.39, 0.29) is 17.4 Å². The first-order valence-corrected chi connectivity index (χ1v) is 6.92. The summed E-state index contributed by atoms with van der Waals surface area (Å²) in [6.07, 6.45) is 6.21. The van der Waals surface area contributed by atoms with Gasteiger partial charge in [-0.1, -0.05) is 0 Å². The van der Waals surface area contributed by atoms with Crippen molar-refractivity contribution < 1.29 is 9.59 Å². The van der Waals surface area contributed by atoms with E-state index in [0.717, 1.165) is 32.2 Å². The number of hydrogen-bond donors (Lipinski definition) is 2. The molecule has 0 aromatic carbocycles. The van der Waals surface area contributed by atoms with E-state index in [2.05, 4.69) is 10.3 Å². The summed E-state index contributed by atoms with van der Waals surface area (Å²) in [6, 6.07) is 3.62. The Labute approximate surface area is 112 Å². The quantitative estimate of drug-likeness (QED) is 0.800. The highest BCUT2D eigenvalue weighted by Gasteiger charge is 2.40. The lowest BCUT2D eigenvalue weighted by Crippen LogP contribution is -2.61. The zero-order chi connectivity index (χ0) is 13.3. The van der Waals surface area contributed by atoms with Gasteiger partial charge in [-0.05, 0) is 37.8 Å². The molecule has 5 heteroatoms. The van der Waals surface area contributed by atoms with Crippen LogP contribution in [0.3, 0.4) is 0 Å². The van der Waals surface area contributed by atoms with Gasteiger partial charge < -0.3 is 15.2 Å². The third-order valence-electron chi connectivity index (χ3n) is 4.16. The van der Waals surface area contributed by atoms with Gasteiger partial charge in [0, 0.05) is 25.7 Å². The number of aromatic amines is 1. The molecule has 3 heterocycles. The first kappa shape index (κ1) is 12.3. The summed E-state index contributed by atoms with van der Waals surface area (Å²) in [5.41, 5.74) is 0.440. The fraction of sp³-hybridized carbons (Fsp3) is 0.571. The van der Waals surface area contributed by atoms with Gasteiger partial charge in [-0.25, -0.2) is 0 Å². The predicted molar refractivity (Wildman–Crippen MR) is 70.7 cm³/mol. The molecule has 2 N–H and O–H groups in total. The van der Waals surface area contributed by atoms with Crippen molar-refractivity contribution in [3.8, 4) is 0 Å². The maximum Gasteiger partial charge on any atom is 0.270 e. The minimum Gasteiger partial charge on any atom is -0.357 e. The number of piperidine rings is 2. The molecule has 0 saturated carbocycles. The van der Waals surface area contributed by atoms with E-state index < -0.39 is 0 Å². The Morgan fingerprint density at radius 3 is 2.89 bits per heavy atom. The molecule has 1 atom stereocenters. The van der Waals surface area contributed by atoms with Crippen molar-refractivity contribution in [3.05, 3.63) is 24.0 Å². The van der Waals surface area contributed by atoms with Gasteiger partial charge in [-0.2, -0.15) is 0 Å². The van der Waals surface area contributed by atoms with E-state index in [4.69, 9.17) is 0 Å². The Bertz CT molecular complexity index is 479. The van der Waals surface area contributed by atoms with Crippen LogP contribution < -0.4 is 5.32 Å². The molecule has 0 unspecified atom stereocenters. The van der Waals surface area contributed by atoms with Gasteiger partial charge in [0.1, 0.15) is 5.69 Å². The first-order chi connectivity index (χ1) is 9.19. The van der Waals surface area contributed by atoms with Crippen LogP contribution in [0.1, 0.15) is 42.6 Å². The van der Waals surface area contributed by atoms with Crippen molar-refractivity contribution in [1.29, 1.82) is 0 Å². The van der Waals surface area contributed by atoms with E-state index in [1.54, 1.807) is 12.3 Å². The second-order valence-electron chi connectivity index (χ2n) is 5.60. The van der Waals surface area contributed by atoms with Crippen LogP contribution in [0.15, 0.2) is 18.3 Å². The van der Waals surface area contributed by atoms with Crippen LogP contribution in [0.25, 0.3) is 0 Å². The molecule has 3 rings (SSSR count). The van der Waals surface area contributed by atoms with Gasteiger partial charge in [0.15, 0.2) is 0 Å². The highest BCUT2D eigenvalue weighted by atomic mass is 16.2. The lowest BCUT2D eigenvalue weighted by atomic mass is 9.81. The summed E-state index contributed by atoms with van der Waals surface area (Å²) in [5, 5.41) is 3.12. The van der Waals surface area contributed by atoms with Crippen LogP contribution in [-0.2, 0) is 4.79 Å². The highest BCUT2D eigenvalue weighted by Crippen LogP contribution is 2.30. The van der Waals surface area contributed by atoms with Gasteiger partial charge in [-0.15, -0.1) is 0 Å². The third kappa shape index (κ3) is 2.37. The topological polar surface area (TPSA) is 65.2 Å². The molecule has 1 spiro atoms. The van der Waals surface area contributed by atoms with Crippen LogP contribution in [0.2, 0.25) is 0 Å². The largest absolute Gasteiger partial charge is 0.357 e. The number of carbonyl (C=O) groups excluding carboxylic acids is 2. The number of rotatable bonds is 1. The lowest BCUT2D eigenvalue weighted by Gasteiger charge is -2.45. The minimum atomic E-state index is -0.185. The monoisotopic (exact) mass is 261 g/mol. The number of nitrogens with zero attached hydrogens (tertiary/aromatic N) is 1. The molecule has 2 fully saturated rings. The van der Waals surface area contributed by atoms with Gasteiger partial charge in [0.05, 0.1) is 5.54 Å². The second-order valence-corrected chi connectivity index (χ2v) is 5.60. The maximum atomic E-state index is 12.4. The molecule has 2 saturated heterocycles. The lowest BCUT2D eigenvalue weighted by molar-refractivity contribution is -0.126. The van der Waals surface area contributed by atoms with Crippen LogP contribution in [0.5, 0.6) is 0 Å². The molecule has 2 aliphatic heterocycles. The molecule has 102 valence electrons. The Kier molecular flexibility index (Phi) is 3.05. The molecule has 2 aliphatic rings. The molecule has 2 amide bonds. The standard InChI is InChI=1S/C14H19N3O2/c18-12-5-1-6-14(16-12)7-3-9-17(10-14)13(19)11-4-2-8-15-11/h2,4,8,15H,1,3,5-7,9-10H2,(H,16,18)/t14-/m0/s1. The van der Waals surface area contributed by atoms with E-state index in [1.165, 1.54) is 0 Å². The fourth-order valence-electron chi connectivity index (χ4n) is 3.25. The van der Waals surface area contributed by atoms with Crippen LogP contribution >= 0.6 is 0 Å². The molecular weight excluding hydrogens is 242 g/mol. The zero-order valence-electron chi connectivity index (χ0n) is 10.9. The normalized spacial score (nSPS) is 27.4. The van der Waals surface area contributed by atoms with Crippen molar-refractivity contribution >= 4 is 11.8 Å².